The Labute approximate surface area is 76.2 Å². The maximum absolute atomic E-state index is 8.40. The molecule has 0 rings (SSSR count). The quantitative estimate of drug-likeness (QED) is 0.608. The third-order valence-electron chi connectivity index (χ3n) is 2.21. The van der Waals surface area contributed by atoms with Crippen molar-refractivity contribution in [1.29, 1.82) is 5.26 Å². The lowest BCUT2D eigenvalue weighted by molar-refractivity contribution is 0.255. The van der Waals surface area contributed by atoms with Gasteiger partial charge in [-0.15, -0.1) is 0 Å². The zero-order valence-electron chi connectivity index (χ0n) is 8.51. The smallest absolute Gasteiger partial charge is 0.0621 e. The number of nitrogens with zero attached hydrogens (tertiary/aromatic N) is 2. The summed E-state index contributed by atoms with van der Waals surface area (Å²) in [4.78, 5) is 2.40. The average Bonchev–Trinajstić information content (AvgIpc) is 2.10. The molecular formula is C10H20N2. The molecule has 0 aromatic carbocycles. The van der Waals surface area contributed by atoms with Gasteiger partial charge < -0.3 is 4.90 Å². The largest absolute Gasteiger partial charge is 0.304 e. The van der Waals surface area contributed by atoms with Crippen LogP contribution in [-0.2, 0) is 0 Å². The molecule has 12 heavy (non-hydrogen) atoms. The molecule has 0 heterocycles. The Morgan fingerprint density at radius 3 is 2.33 bits per heavy atom. The van der Waals surface area contributed by atoms with E-state index in [2.05, 4.69) is 31.7 Å². The van der Waals surface area contributed by atoms with Crippen LogP contribution in [0.15, 0.2) is 0 Å². The highest BCUT2D eigenvalue weighted by Gasteiger charge is 2.05. The molecular weight excluding hydrogens is 148 g/mol. The van der Waals surface area contributed by atoms with E-state index in [1.165, 1.54) is 0 Å². The van der Waals surface area contributed by atoms with Gasteiger partial charge in [0, 0.05) is 13.0 Å². The Balaban J connectivity index is 3.52. The molecule has 2 nitrogen and oxygen atoms in total. The molecule has 1 atom stereocenters. The number of rotatable bonds is 6. The molecule has 0 radical (unpaired) electrons. The van der Waals surface area contributed by atoms with E-state index in [-0.39, 0.29) is 0 Å². The van der Waals surface area contributed by atoms with Gasteiger partial charge in [0.15, 0.2) is 0 Å². The van der Waals surface area contributed by atoms with Crippen LogP contribution in [0.1, 0.15) is 33.6 Å². The van der Waals surface area contributed by atoms with E-state index in [9.17, 15) is 0 Å². The Bertz CT molecular complexity index is 133. The van der Waals surface area contributed by atoms with Crippen molar-refractivity contribution in [3.8, 4) is 6.07 Å². The fraction of sp³-hybridized carbons (Fsp3) is 0.900. The summed E-state index contributed by atoms with van der Waals surface area (Å²) in [6, 6.07) is 2.19. The summed E-state index contributed by atoms with van der Waals surface area (Å²) in [6.45, 7) is 9.95. The Morgan fingerprint density at radius 2 is 1.92 bits per heavy atom. The second-order valence-corrected chi connectivity index (χ2v) is 3.29. The van der Waals surface area contributed by atoms with Crippen molar-refractivity contribution in [2.75, 3.05) is 19.6 Å². The predicted octanol–water partition coefficient (Wildman–Crippen LogP) is 2.27. The van der Waals surface area contributed by atoms with Gasteiger partial charge in [-0.05, 0) is 25.4 Å². The molecule has 0 aliphatic carbocycles. The van der Waals surface area contributed by atoms with Gasteiger partial charge in [0.25, 0.3) is 0 Å². The standard InChI is InChI=1S/C10H20N2/c1-4-12(5-2)9-10(3)7-6-8-11/h10H,4-7,9H2,1-3H3. The van der Waals surface area contributed by atoms with Crippen molar-refractivity contribution in [3.63, 3.8) is 0 Å². The molecule has 1 unspecified atom stereocenters. The van der Waals surface area contributed by atoms with Crippen LogP contribution in [-0.4, -0.2) is 24.5 Å². The molecule has 0 aliphatic rings. The first-order valence-electron chi connectivity index (χ1n) is 4.83. The lowest BCUT2D eigenvalue weighted by Crippen LogP contribution is -2.28. The Hall–Kier alpha value is -0.550. The van der Waals surface area contributed by atoms with Crippen LogP contribution in [0.2, 0.25) is 0 Å². The highest BCUT2D eigenvalue weighted by atomic mass is 15.1. The van der Waals surface area contributed by atoms with Crippen LogP contribution < -0.4 is 0 Å². The Kier molecular flexibility index (Phi) is 6.79. The van der Waals surface area contributed by atoms with Gasteiger partial charge in [-0.1, -0.05) is 20.8 Å². The summed E-state index contributed by atoms with van der Waals surface area (Å²) in [5, 5.41) is 8.40. The van der Waals surface area contributed by atoms with E-state index < -0.39 is 0 Å². The van der Waals surface area contributed by atoms with E-state index in [0.29, 0.717) is 12.3 Å². The predicted molar refractivity (Wildman–Crippen MR) is 51.8 cm³/mol. The molecule has 2 heteroatoms. The fourth-order valence-corrected chi connectivity index (χ4v) is 1.32. The summed E-state index contributed by atoms with van der Waals surface area (Å²) in [6.07, 6.45) is 1.73. The van der Waals surface area contributed by atoms with E-state index >= 15 is 0 Å². The van der Waals surface area contributed by atoms with Gasteiger partial charge >= 0.3 is 0 Å². The van der Waals surface area contributed by atoms with E-state index in [0.717, 1.165) is 26.1 Å². The number of hydrogen-bond donors (Lipinski definition) is 0. The first-order chi connectivity index (χ1) is 5.74. The topological polar surface area (TPSA) is 27.0 Å². The summed E-state index contributed by atoms with van der Waals surface area (Å²) >= 11 is 0. The molecule has 0 aliphatic heterocycles. The van der Waals surface area contributed by atoms with Gasteiger partial charge in [-0.3, -0.25) is 0 Å². The molecule has 0 saturated heterocycles. The zero-order chi connectivity index (χ0) is 9.40. The lowest BCUT2D eigenvalue weighted by Gasteiger charge is -2.21. The van der Waals surface area contributed by atoms with Gasteiger partial charge in [0.2, 0.25) is 0 Å². The molecule has 0 N–H and O–H groups in total. The molecule has 70 valence electrons. The maximum Gasteiger partial charge on any atom is 0.0621 e. The van der Waals surface area contributed by atoms with Crippen molar-refractivity contribution in [1.82, 2.24) is 4.90 Å². The SMILES string of the molecule is CCN(CC)CC(C)CCC#N. The van der Waals surface area contributed by atoms with Crippen LogP contribution >= 0.6 is 0 Å². The maximum atomic E-state index is 8.40. The molecule has 0 fully saturated rings. The number of hydrogen-bond acceptors (Lipinski definition) is 2. The van der Waals surface area contributed by atoms with Crippen molar-refractivity contribution in [2.24, 2.45) is 5.92 Å². The third-order valence-corrected chi connectivity index (χ3v) is 2.21. The molecule has 0 spiro atoms. The Morgan fingerprint density at radius 1 is 1.33 bits per heavy atom. The molecule has 0 aromatic heterocycles. The number of nitriles is 1. The third kappa shape index (κ3) is 5.15. The molecule has 0 aromatic rings. The second-order valence-electron chi connectivity index (χ2n) is 3.29. The fourth-order valence-electron chi connectivity index (χ4n) is 1.32. The van der Waals surface area contributed by atoms with Gasteiger partial charge in [0.1, 0.15) is 0 Å². The van der Waals surface area contributed by atoms with Crippen LogP contribution in [0.3, 0.4) is 0 Å². The van der Waals surface area contributed by atoms with Crippen LogP contribution in [0.5, 0.6) is 0 Å². The van der Waals surface area contributed by atoms with Crippen LogP contribution in [0.4, 0.5) is 0 Å². The highest BCUT2D eigenvalue weighted by Crippen LogP contribution is 2.06. The average molecular weight is 168 g/mol. The van der Waals surface area contributed by atoms with Crippen molar-refractivity contribution < 1.29 is 0 Å². The molecule has 0 amide bonds. The van der Waals surface area contributed by atoms with E-state index in [1.54, 1.807) is 0 Å². The minimum absolute atomic E-state index is 0.657. The van der Waals surface area contributed by atoms with Crippen molar-refractivity contribution in [3.05, 3.63) is 0 Å². The summed E-state index contributed by atoms with van der Waals surface area (Å²) in [7, 11) is 0. The van der Waals surface area contributed by atoms with Gasteiger partial charge in [0.05, 0.1) is 6.07 Å². The second kappa shape index (κ2) is 7.12. The highest BCUT2D eigenvalue weighted by molar-refractivity contribution is 4.71. The summed E-state index contributed by atoms with van der Waals surface area (Å²) in [5.41, 5.74) is 0. The van der Waals surface area contributed by atoms with Crippen molar-refractivity contribution in [2.45, 2.75) is 33.6 Å². The monoisotopic (exact) mass is 168 g/mol. The van der Waals surface area contributed by atoms with Crippen LogP contribution in [0.25, 0.3) is 0 Å². The first-order valence-corrected chi connectivity index (χ1v) is 4.83. The van der Waals surface area contributed by atoms with Gasteiger partial charge in [-0.2, -0.15) is 5.26 Å². The summed E-state index contributed by atoms with van der Waals surface area (Å²) < 4.78 is 0. The first kappa shape index (κ1) is 11.4. The lowest BCUT2D eigenvalue weighted by atomic mass is 10.1. The van der Waals surface area contributed by atoms with Crippen LogP contribution in [0, 0.1) is 17.2 Å². The minimum Gasteiger partial charge on any atom is -0.304 e. The molecule has 0 saturated carbocycles. The van der Waals surface area contributed by atoms with E-state index in [4.69, 9.17) is 5.26 Å². The van der Waals surface area contributed by atoms with Gasteiger partial charge in [-0.25, -0.2) is 0 Å². The normalized spacial score (nSPS) is 12.9. The summed E-state index contributed by atoms with van der Waals surface area (Å²) in [5.74, 6) is 0.657. The van der Waals surface area contributed by atoms with Crippen molar-refractivity contribution >= 4 is 0 Å². The molecule has 0 bridgehead atoms. The zero-order valence-corrected chi connectivity index (χ0v) is 8.51. The minimum atomic E-state index is 0.657. The van der Waals surface area contributed by atoms with E-state index in [1.807, 2.05) is 0 Å².